The molecular weight excluding hydrogens is 953 g/mol. The van der Waals surface area contributed by atoms with E-state index in [9.17, 15) is 55.3 Å². The van der Waals surface area contributed by atoms with E-state index in [1.165, 1.54) is 51.3 Å². The van der Waals surface area contributed by atoms with Gasteiger partial charge in [-0.15, -0.1) is 4.33 Å². The molecule has 0 radical (unpaired) electrons. The summed E-state index contributed by atoms with van der Waals surface area (Å²) in [5, 5.41) is 0. The van der Waals surface area contributed by atoms with E-state index in [4.69, 9.17) is 17.3 Å². The highest BCUT2D eigenvalue weighted by atomic mass is 32.2. The molecule has 60 heavy (non-hydrogen) atoms. The Hall–Kier alpha value is -4.30. The molecule has 30 heteroatoms. The van der Waals surface area contributed by atoms with Gasteiger partial charge in [0.25, 0.3) is 12.3 Å². The molecular formula is C30H40O23S7. The molecule has 0 fully saturated rings. The van der Waals surface area contributed by atoms with E-state index in [2.05, 4.69) is 26.0 Å². The van der Waals surface area contributed by atoms with Gasteiger partial charge >= 0.3 is 66.7 Å². The largest absolute Gasteiger partial charge is 0.462 e. The van der Waals surface area contributed by atoms with Gasteiger partial charge in [-0.3, -0.25) is 0 Å². The summed E-state index contributed by atoms with van der Waals surface area (Å²) in [5.41, 5.74) is 0.317. The zero-order chi connectivity index (χ0) is 46.5. The van der Waals surface area contributed by atoms with E-state index in [-0.39, 0.29) is 58.0 Å². The van der Waals surface area contributed by atoms with Crippen LogP contribution in [0.1, 0.15) is 28.4 Å². The summed E-state index contributed by atoms with van der Waals surface area (Å²) in [6.07, 6.45) is 5.11. The lowest BCUT2D eigenvalue weighted by Gasteiger charge is -2.13. The molecule has 3 aromatic carbocycles. The van der Waals surface area contributed by atoms with Gasteiger partial charge in [-0.2, -0.15) is 50.5 Å². The van der Waals surface area contributed by atoms with Crippen LogP contribution in [0.2, 0.25) is 0 Å². The van der Waals surface area contributed by atoms with Crippen LogP contribution in [0.3, 0.4) is 0 Å². The minimum Gasteiger partial charge on any atom is -0.462 e. The Kier molecular flexibility index (Phi) is 19.7. The molecule has 0 saturated carbocycles. The van der Waals surface area contributed by atoms with Crippen LogP contribution in [0.15, 0.2) is 48.5 Å². The Morgan fingerprint density at radius 1 is 0.517 bits per heavy atom. The van der Waals surface area contributed by atoms with Crippen molar-refractivity contribution in [3.63, 3.8) is 0 Å². The number of carbonyl (C=O) groups is 1. The predicted molar refractivity (Wildman–Crippen MR) is 214 cm³/mol. The Morgan fingerprint density at radius 3 is 1.18 bits per heavy atom. The van der Waals surface area contributed by atoms with Gasteiger partial charge in [0.15, 0.2) is 0 Å². The Balaban J connectivity index is 0.000000454. The zero-order valence-corrected chi connectivity index (χ0v) is 38.8. The van der Waals surface area contributed by atoms with Crippen molar-refractivity contribution in [1.82, 2.24) is 0 Å². The molecule has 0 aliphatic heterocycles. The minimum absolute atomic E-state index is 0.0249. The van der Waals surface area contributed by atoms with Crippen LogP contribution in [0.5, 0.6) is 40.2 Å². The molecule has 0 atom stereocenters. The van der Waals surface area contributed by atoms with Crippen molar-refractivity contribution in [2.45, 2.75) is 20.8 Å². The maximum atomic E-state index is 11.8. The van der Waals surface area contributed by atoms with E-state index < -0.39 is 66.7 Å². The molecule has 0 amide bonds. The maximum absolute atomic E-state index is 11.8. The van der Waals surface area contributed by atoms with Gasteiger partial charge in [0.2, 0.25) is 0 Å². The summed E-state index contributed by atoms with van der Waals surface area (Å²) in [7, 11) is -21.4. The first-order chi connectivity index (χ1) is 27.1. The van der Waals surface area contributed by atoms with Crippen molar-refractivity contribution in [2.75, 3.05) is 51.3 Å². The summed E-state index contributed by atoms with van der Waals surface area (Å²) in [5.74, 6) is -1.48. The lowest BCUT2D eigenvalue weighted by Crippen LogP contribution is -2.12. The van der Waals surface area contributed by atoms with Crippen molar-refractivity contribution >= 4 is 79.0 Å². The fourth-order valence-electron chi connectivity index (χ4n) is 3.72. The number of rotatable bonds is 18. The van der Waals surface area contributed by atoms with Gasteiger partial charge in [0.05, 0.1) is 56.8 Å². The summed E-state index contributed by atoms with van der Waals surface area (Å²) in [6.45, 7) is 4.59. The number of hydrogen-bond acceptors (Lipinski definition) is 24. The van der Waals surface area contributed by atoms with E-state index in [1.54, 1.807) is 6.92 Å². The standard InChI is InChI=1S/C12H16O8S2.C9H12O9S3.C9H12O6S2/c1-5-18-12(13)9-6-10(19-21(3,14)15)8(2)11(7-9)20-22(4,16)17;1-14-18-19-15-7-4-8(16-20(2,10)11)6-9(5-7)17-21(3,12)13;1-7-8(14-16(2,10)11)5-4-6-9(7)15-17(3,12)13/h6-7H,5H2,1-4H3;4-6H,1-3H3;4-6H,1-3H3. The topological polar surface area (TPSA) is 314 Å². The first kappa shape index (κ1) is 53.7. The maximum Gasteiger partial charge on any atom is 0.338 e. The van der Waals surface area contributed by atoms with E-state index in [1.807, 2.05) is 0 Å². The van der Waals surface area contributed by atoms with E-state index in [0.717, 1.165) is 55.7 Å². The SMILES string of the molecule is CCOC(=O)c1cc(OS(C)(=O)=O)c(C)c(OS(C)(=O)=O)c1.COOSOc1cc(OS(C)(=O)=O)cc(OS(C)(=O)=O)c1.Cc1c(OS(C)(=O)=O)cccc1OS(C)(=O)=O. The van der Waals surface area contributed by atoms with Crippen molar-refractivity contribution in [2.24, 2.45) is 0 Å². The van der Waals surface area contributed by atoms with Crippen LogP contribution in [-0.2, 0) is 74.7 Å². The molecule has 0 N–H and O–H groups in total. The van der Waals surface area contributed by atoms with Crippen LogP contribution in [0, 0.1) is 13.8 Å². The molecule has 0 aromatic heterocycles. The second kappa shape index (κ2) is 22.0. The van der Waals surface area contributed by atoms with Crippen LogP contribution in [-0.4, -0.2) is 108 Å². The molecule has 0 heterocycles. The molecule has 23 nitrogen and oxygen atoms in total. The Bertz CT molecular complexity index is 2500. The average Bonchev–Trinajstić information content (AvgIpc) is 3.01. The van der Waals surface area contributed by atoms with Gasteiger partial charge in [0, 0.05) is 29.3 Å². The number of hydrogen-bond donors (Lipinski definition) is 0. The smallest absolute Gasteiger partial charge is 0.338 e. The minimum atomic E-state index is -3.87. The average molecular weight is 993 g/mol. The van der Waals surface area contributed by atoms with Gasteiger partial charge < -0.3 is 34.0 Å². The van der Waals surface area contributed by atoms with E-state index >= 15 is 0 Å². The fraction of sp³-hybridized carbons (Fsp3) is 0.367. The van der Waals surface area contributed by atoms with Crippen molar-refractivity contribution in [3.05, 3.63) is 65.2 Å². The molecule has 3 aromatic rings. The Labute approximate surface area is 353 Å². The number of esters is 1. The summed E-state index contributed by atoms with van der Waals surface area (Å²) >= 11 is 0.427. The molecule has 0 unspecified atom stereocenters. The second-order valence-corrected chi connectivity index (χ2v) is 21.3. The summed E-state index contributed by atoms with van der Waals surface area (Å²) < 4.78 is 176. The van der Waals surface area contributed by atoms with Crippen molar-refractivity contribution in [1.29, 1.82) is 0 Å². The van der Waals surface area contributed by atoms with Crippen LogP contribution < -0.4 is 29.3 Å². The molecule has 3 rings (SSSR count). The van der Waals surface area contributed by atoms with Gasteiger partial charge in [-0.25, -0.2) is 9.68 Å². The number of carbonyl (C=O) groups excluding carboxylic acids is 1. The van der Waals surface area contributed by atoms with Gasteiger partial charge in [0.1, 0.15) is 40.2 Å². The third-order valence-electron chi connectivity index (χ3n) is 5.60. The predicted octanol–water partition coefficient (Wildman–Crippen LogP) is 2.40. The molecule has 0 spiro atoms. The lowest BCUT2D eigenvalue weighted by atomic mass is 10.1. The highest BCUT2D eigenvalue weighted by molar-refractivity contribution is 7.90. The third kappa shape index (κ3) is 23.5. The van der Waals surface area contributed by atoms with Crippen molar-refractivity contribution in [3.8, 4) is 40.2 Å². The summed E-state index contributed by atoms with van der Waals surface area (Å²) in [4.78, 5) is 16.0. The normalized spacial score (nSPS) is 12.0. The first-order valence-corrected chi connectivity index (χ1v) is 27.1. The monoisotopic (exact) mass is 992 g/mol. The van der Waals surface area contributed by atoms with Crippen LogP contribution in [0.4, 0.5) is 0 Å². The highest BCUT2D eigenvalue weighted by Gasteiger charge is 2.20. The van der Waals surface area contributed by atoms with Gasteiger partial charge in [-0.05, 0) is 45.0 Å². The fourth-order valence-corrected chi connectivity index (χ4v) is 6.88. The zero-order valence-electron chi connectivity index (χ0n) is 33.1. The van der Waals surface area contributed by atoms with Crippen molar-refractivity contribution < 1.29 is 98.5 Å². The van der Waals surface area contributed by atoms with Gasteiger partial charge in [-0.1, -0.05) is 6.07 Å². The molecule has 0 aliphatic rings. The molecule has 340 valence electrons. The summed E-state index contributed by atoms with van der Waals surface area (Å²) in [6, 6.07) is 10.0. The number of benzene rings is 3. The first-order valence-electron chi connectivity index (χ1n) is 15.6. The Morgan fingerprint density at radius 2 is 0.850 bits per heavy atom. The quantitative estimate of drug-likeness (QED) is 0.0441. The highest BCUT2D eigenvalue weighted by Crippen LogP contribution is 2.33. The molecule has 0 saturated heterocycles. The molecule has 0 aliphatic carbocycles. The lowest BCUT2D eigenvalue weighted by molar-refractivity contribution is -0.164. The number of ether oxygens (including phenoxy) is 1. The van der Waals surface area contributed by atoms with Crippen LogP contribution in [0.25, 0.3) is 0 Å². The second-order valence-electron chi connectivity index (χ2n) is 11.4. The molecule has 0 bridgehead atoms. The van der Waals surface area contributed by atoms with Crippen LogP contribution >= 0.6 is 12.3 Å². The van der Waals surface area contributed by atoms with E-state index in [0.29, 0.717) is 17.9 Å². The third-order valence-corrected chi connectivity index (χ3v) is 8.97.